The Hall–Kier alpha value is -5.24. The minimum absolute atomic E-state index is 0.0597. The predicted octanol–water partition coefficient (Wildman–Crippen LogP) is 5.80. The van der Waals surface area contributed by atoms with E-state index in [0.717, 1.165) is 22.3 Å². The molecule has 0 fully saturated rings. The van der Waals surface area contributed by atoms with Gasteiger partial charge in [0.25, 0.3) is 11.8 Å². The molecule has 0 bridgehead atoms. The van der Waals surface area contributed by atoms with Gasteiger partial charge in [0.15, 0.2) is 0 Å². The number of aryl methyl sites for hydroxylation is 2. The van der Waals surface area contributed by atoms with Gasteiger partial charge in [-0.25, -0.2) is 9.59 Å². The number of carboxylic acid groups (broad SMARTS) is 2. The molecule has 0 spiro atoms. The summed E-state index contributed by atoms with van der Waals surface area (Å²) in [4.78, 5) is 48.4. The Labute approximate surface area is 224 Å². The largest absolute Gasteiger partial charge is 0.478 e. The molecular formula is C31H26N2O6. The monoisotopic (exact) mass is 522 g/mol. The fourth-order valence-corrected chi connectivity index (χ4v) is 4.11. The average molecular weight is 523 g/mol. The van der Waals surface area contributed by atoms with Crippen molar-refractivity contribution >= 4 is 35.1 Å². The third kappa shape index (κ3) is 6.56. The molecule has 0 saturated heterocycles. The zero-order valence-electron chi connectivity index (χ0n) is 21.3. The van der Waals surface area contributed by atoms with Crippen LogP contribution < -0.4 is 10.6 Å². The lowest BCUT2D eigenvalue weighted by Gasteiger charge is -2.11. The Kier molecular flexibility index (Phi) is 7.86. The highest BCUT2D eigenvalue weighted by molar-refractivity contribution is 6.11. The molecular weight excluding hydrogens is 496 g/mol. The van der Waals surface area contributed by atoms with E-state index >= 15 is 0 Å². The highest BCUT2D eigenvalue weighted by Crippen LogP contribution is 2.20. The number of aromatic carboxylic acids is 2. The molecule has 0 aliphatic carbocycles. The van der Waals surface area contributed by atoms with E-state index in [1.807, 2.05) is 24.3 Å². The number of benzene rings is 4. The first-order valence-corrected chi connectivity index (χ1v) is 12.1. The number of carbonyl (C=O) groups is 4. The van der Waals surface area contributed by atoms with Crippen molar-refractivity contribution in [3.05, 3.63) is 129 Å². The van der Waals surface area contributed by atoms with Crippen molar-refractivity contribution in [3.63, 3.8) is 0 Å². The molecule has 0 saturated carbocycles. The van der Waals surface area contributed by atoms with Crippen molar-refractivity contribution in [1.82, 2.24) is 0 Å². The standard InChI is InChI=1S/C31H26N2O6/c1-18-3-13-24(30(36)37)26(15-18)28(34)32-22-9-5-20(6-10-22)17-21-7-11-23(12-8-21)33-29(35)27-16-19(2)4-14-25(27)31(38)39/h3-16H,17H2,1-2H3,(H,32,34)(H,33,35)(H,36,37)(H,38,39). The van der Waals surface area contributed by atoms with Gasteiger partial charge in [0, 0.05) is 11.4 Å². The van der Waals surface area contributed by atoms with Crippen LogP contribution in [-0.4, -0.2) is 34.0 Å². The number of hydrogen-bond acceptors (Lipinski definition) is 4. The maximum Gasteiger partial charge on any atom is 0.336 e. The predicted molar refractivity (Wildman–Crippen MR) is 148 cm³/mol. The number of amides is 2. The molecule has 4 aromatic rings. The van der Waals surface area contributed by atoms with Crippen LogP contribution in [0.25, 0.3) is 0 Å². The molecule has 2 amide bonds. The summed E-state index contributed by atoms with van der Waals surface area (Å²) in [6.07, 6.45) is 0.602. The lowest BCUT2D eigenvalue weighted by molar-refractivity contribution is 0.0683. The first kappa shape index (κ1) is 26.8. The minimum atomic E-state index is -1.17. The van der Waals surface area contributed by atoms with Gasteiger partial charge in [-0.3, -0.25) is 9.59 Å². The van der Waals surface area contributed by atoms with Crippen LogP contribution in [-0.2, 0) is 6.42 Å². The van der Waals surface area contributed by atoms with E-state index in [9.17, 15) is 29.4 Å². The fourth-order valence-electron chi connectivity index (χ4n) is 4.11. The number of rotatable bonds is 8. The zero-order chi connectivity index (χ0) is 28.1. The topological polar surface area (TPSA) is 133 Å². The zero-order valence-corrected chi connectivity index (χ0v) is 21.3. The molecule has 0 radical (unpaired) electrons. The van der Waals surface area contributed by atoms with E-state index < -0.39 is 23.8 Å². The summed E-state index contributed by atoms with van der Waals surface area (Å²) < 4.78 is 0. The first-order chi connectivity index (χ1) is 18.6. The smallest absolute Gasteiger partial charge is 0.336 e. The highest BCUT2D eigenvalue weighted by Gasteiger charge is 2.18. The van der Waals surface area contributed by atoms with Crippen LogP contribution in [0.1, 0.15) is 63.7 Å². The Morgan fingerprint density at radius 1 is 0.538 bits per heavy atom. The third-order valence-electron chi connectivity index (χ3n) is 6.13. The summed E-state index contributed by atoms with van der Waals surface area (Å²) in [6.45, 7) is 3.58. The number of nitrogens with one attached hydrogen (secondary N) is 2. The van der Waals surface area contributed by atoms with Crippen LogP contribution in [0.2, 0.25) is 0 Å². The van der Waals surface area contributed by atoms with Gasteiger partial charge in [-0.05, 0) is 79.9 Å². The van der Waals surface area contributed by atoms with Crippen LogP contribution in [0, 0.1) is 13.8 Å². The summed E-state index contributed by atoms with van der Waals surface area (Å²) in [7, 11) is 0. The second-order valence-corrected chi connectivity index (χ2v) is 9.19. The van der Waals surface area contributed by atoms with E-state index in [2.05, 4.69) is 10.6 Å². The van der Waals surface area contributed by atoms with Gasteiger partial charge >= 0.3 is 11.9 Å². The summed E-state index contributed by atoms with van der Waals surface area (Å²) in [5, 5.41) is 24.3. The molecule has 8 heteroatoms. The van der Waals surface area contributed by atoms with Crippen molar-refractivity contribution in [1.29, 1.82) is 0 Å². The van der Waals surface area contributed by atoms with Crippen molar-refractivity contribution in [2.75, 3.05) is 10.6 Å². The second kappa shape index (κ2) is 11.4. The fraction of sp³-hybridized carbons (Fsp3) is 0.0968. The highest BCUT2D eigenvalue weighted by atomic mass is 16.4. The minimum Gasteiger partial charge on any atom is -0.478 e. The molecule has 0 aromatic heterocycles. The molecule has 0 aliphatic heterocycles. The van der Waals surface area contributed by atoms with Gasteiger partial charge in [0.05, 0.1) is 22.3 Å². The van der Waals surface area contributed by atoms with Crippen molar-refractivity contribution < 1.29 is 29.4 Å². The van der Waals surface area contributed by atoms with Gasteiger partial charge < -0.3 is 20.8 Å². The lowest BCUT2D eigenvalue weighted by Crippen LogP contribution is -2.16. The first-order valence-electron chi connectivity index (χ1n) is 12.1. The Morgan fingerprint density at radius 2 is 0.897 bits per heavy atom. The average Bonchev–Trinajstić information content (AvgIpc) is 2.90. The van der Waals surface area contributed by atoms with E-state index in [4.69, 9.17) is 0 Å². The molecule has 4 aromatic carbocycles. The Morgan fingerprint density at radius 3 is 1.23 bits per heavy atom. The molecule has 0 atom stereocenters. The molecule has 0 unspecified atom stereocenters. The Balaban J connectivity index is 1.39. The van der Waals surface area contributed by atoms with Crippen LogP contribution >= 0.6 is 0 Å². The number of carboxylic acids is 2. The van der Waals surface area contributed by atoms with E-state index in [1.54, 1.807) is 62.4 Å². The van der Waals surface area contributed by atoms with Crippen molar-refractivity contribution in [2.24, 2.45) is 0 Å². The van der Waals surface area contributed by atoms with Crippen LogP contribution in [0.3, 0.4) is 0 Å². The van der Waals surface area contributed by atoms with E-state index in [-0.39, 0.29) is 22.3 Å². The van der Waals surface area contributed by atoms with Gasteiger partial charge in [-0.2, -0.15) is 0 Å². The van der Waals surface area contributed by atoms with E-state index in [1.165, 1.54) is 12.1 Å². The van der Waals surface area contributed by atoms with E-state index in [0.29, 0.717) is 17.8 Å². The van der Waals surface area contributed by atoms with Gasteiger partial charge in [0.2, 0.25) is 0 Å². The summed E-state index contributed by atoms with van der Waals surface area (Å²) in [5.74, 6) is -3.33. The molecule has 39 heavy (non-hydrogen) atoms. The molecule has 0 aliphatic rings. The van der Waals surface area contributed by atoms with Gasteiger partial charge in [0.1, 0.15) is 0 Å². The molecule has 4 N–H and O–H groups in total. The maximum absolute atomic E-state index is 12.7. The van der Waals surface area contributed by atoms with Gasteiger partial charge in [-0.15, -0.1) is 0 Å². The normalized spacial score (nSPS) is 10.5. The summed E-state index contributed by atoms with van der Waals surface area (Å²) >= 11 is 0. The Bertz CT molecular complexity index is 1460. The van der Waals surface area contributed by atoms with Crippen molar-refractivity contribution in [2.45, 2.75) is 20.3 Å². The van der Waals surface area contributed by atoms with Crippen molar-refractivity contribution in [3.8, 4) is 0 Å². The number of hydrogen-bond donors (Lipinski definition) is 4. The molecule has 8 nitrogen and oxygen atoms in total. The lowest BCUT2D eigenvalue weighted by atomic mass is 10.0. The van der Waals surface area contributed by atoms with Crippen LogP contribution in [0.15, 0.2) is 84.9 Å². The number of carbonyl (C=O) groups excluding carboxylic acids is 2. The molecule has 0 heterocycles. The molecule has 196 valence electrons. The van der Waals surface area contributed by atoms with Crippen LogP contribution in [0.5, 0.6) is 0 Å². The number of anilines is 2. The van der Waals surface area contributed by atoms with Gasteiger partial charge in [-0.1, -0.05) is 47.5 Å². The molecule has 4 rings (SSSR count). The third-order valence-corrected chi connectivity index (χ3v) is 6.13. The second-order valence-electron chi connectivity index (χ2n) is 9.19. The quantitative estimate of drug-likeness (QED) is 0.231. The summed E-state index contributed by atoms with van der Waals surface area (Å²) in [6, 6.07) is 23.7. The van der Waals surface area contributed by atoms with Crippen LogP contribution in [0.4, 0.5) is 11.4 Å². The summed E-state index contributed by atoms with van der Waals surface area (Å²) in [5.41, 5.74) is 4.69. The maximum atomic E-state index is 12.7. The SMILES string of the molecule is Cc1ccc(C(=O)O)c(C(=O)Nc2ccc(Cc3ccc(NC(=O)c4cc(C)ccc4C(=O)O)cc3)cc2)c1.